The highest BCUT2D eigenvalue weighted by Gasteiger charge is 2.19. The standard InChI is InChI=1S/C18H17N3O4S2/c1-24-14-7-11(17(22)20-8-12-4-3-5-26-12)6-13(16(14)25-2)21-18(23)15-9-19-10-27-15/h3-7,9-10H,8H2,1-2H3,(H,20,22)(H,21,23). The summed E-state index contributed by atoms with van der Waals surface area (Å²) in [5, 5.41) is 7.55. The first-order chi connectivity index (χ1) is 13.1. The smallest absolute Gasteiger partial charge is 0.267 e. The molecular weight excluding hydrogens is 386 g/mol. The Labute approximate surface area is 164 Å². The molecule has 0 aliphatic heterocycles. The van der Waals surface area contributed by atoms with Gasteiger partial charge in [-0.15, -0.1) is 22.7 Å². The van der Waals surface area contributed by atoms with Crippen molar-refractivity contribution in [2.24, 2.45) is 0 Å². The summed E-state index contributed by atoms with van der Waals surface area (Å²) in [6.45, 7) is 0.424. The van der Waals surface area contributed by atoms with Crippen molar-refractivity contribution in [3.05, 3.63) is 56.7 Å². The van der Waals surface area contributed by atoms with Crippen molar-refractivity contribution in [1.29, 1.82) is 0 Å². The molecule has 7 nitrogen and oxygen atoms in total. The van der Waals surface area contributed by atoms with Crippen LogP contribution in [-0.4, -0.2) is 31.0 Å². The van der Waals surface area contributed by atoms with Gasteiger partial charge in [0.15, 0.2) is 11.5 Å². The second kappa shape index (κ2) is 8.65. The molecule has 0 spiro atoms. The normalized spacial score (nSPS) is 10.3. The highest BCUT2D eigenvalue weighted by Crippen LogP contribution is 2.37. The molecule has 2 amide bonds. The second-order valence-electron chi connectivity index (χ2n) is 5.34. The van der Waals surface area contributed by atoms with Crippen LogP contribution in [0.1, 0.15) is 24.9 Å². The van der Waals surface area contributed by atoms with Crippen LogP contribution in [0.15, 0.2) is 41.4 Å². The molecule has 0 radical (unpaired) electrons. The van der Waals surface area contributed by atoms with E-state index in [1.54, 1.807) is 29.0 Å². The fraction of sp³-hybridized carbons (Fsp3) is 0.167. The zero-order valence-corrected chi connectivity index (χ0v) is 16.3. The average Bonchev–Trinajstić information content (AvgIpc) is 3.39. The lowest BCUT2D eigenvalue weighted by molar-refractivity contribution is 0.0949. The van der Waals surface area contributed by atoms with Gasteiger partial charge in [-0.2, -0.15) is 0 Å². The van der Waals surface area contributed by atoms with E-state index in [-0.39, 0.29) is 11.8 Å². The molecule has 0 fully saturated rings. The summed E-state index contributed by atoms with van der Waals surface area (Å²) >= 11 is 2.78. The van der Waals surface area contributed by atoms with Crippen LogP contribution < -0.4 is 20.1 Å². The van der Waals surface area contributed by atoms with Gasteiger partial charge in [-0.25, -0.2) is 0 Å². The summed E-state index contributed by atoms with van der Waals surface area (Å²) in [7, 11) is 2.94. The molecule has 0 unspecified atom stereocenters. The molecule has 3 rings (SSSR count). The van der Waals surface area contributed by atoms with E-state index in [2.05, 4.69) is 15.6 Å². The van der Waals surface area contributed by atoms with Crippen molar-refractivity contribution in [3.8, 4) is 11.5 Å². The molecule has 0 saturated carbocycles. The van der Waals surface area contributed by atoms with E-state index in [4.69, 9.17) is 9.47 Å². The van der Waals surface area contributed by atoms with Crippen LogP contribution in [0, 0.1) is 0 Å². The zero-order valence-electron chi connectivity index (χ0n) is 14.6. The van der Waals surface area contributed by atoms with Crippen molar-refractivity contribution in [3.63, 3.8) is 0 Å². The van der Waals surface area contributed by atoms with E-state index >= 15 is 0 Å². The third-order valence-corrected chi connectivity index (χ3v) is 5.30. The number of anilines is 1. The summed E-state index contributed by atoms with van der Waals surface area (Å²) in [5.41, 5.74) is 2.27. The second-order valence-corrected chi connectivity index (χ2v) is 7.26. The fourth-order valence-electron chi connectivity index (χ4n) is 2.38. The van der Waals surface area contributed by atoms with Gasteiger partial charge in [0.1, 0.15) is 4.88 Å². The van der Waals surface area contributed by atoms with Gasteiger partial charge in [-0.1, -0.05) is 6.07 Å². The van der Waals surface area contributed by atoms with Gasteiger partial charge in [-0.05, 0) is 23.6 Å². The number of hydrogen-bond donors (Lipinski definition) is 2. The van der Waals surface area contributed by atoms with E-state index in [0.29, 0.717) is 34.2 Å². The molecule has 1 aromatic carbocycles. The first kappa shape index (κ1) is 18.9. The lowest BCUT2D eigenvalue weighted by Crippen LogP contribution is -2.23. The number of hydrogen-bond acceptors (Lipinski definition) is 7. The number of thiazole rings is 1. The van der Waals surface area contributed by atoms with E-state index in [9.17, 15) is 9.59 Å². The van der Waals surface area contributed by atoms with Gasteiger partial charge in [0.25, 0.3) is 11.8 Å². The minimum absolute atomic E-state index is 0.280. The third-order valence-electron chi connectivity index (χ3n) is 3.65. The Morgan fingerprint density at radius 3 is 2.63 bits per heavy atom. The lowest BCUT2D eigenvalue weighted by Gasteiger charge is -2.15. The SMILES string of the molecule is COc1cc(C(=O)NCc2cccs2)cc(NC(=O)c2cncs2)c1OC. The molecule has 2 heterocycles. The van der Waals surface area contributed by atoms with E-state index in [1.165, 1.54) is 31.8 Å². The number of ether oxygens (including phenoxy) is 2. The quantitative estimate of drug-likeness (QED) is 0.631. The van der Waals surface area contributed by atoms with E-state index in [1.807, 2.05) is 17.5 Å². The monoisotopic (exact) mass is 403 g/mol. The number of aromatic nitrogens is 1. The summed E-state index contributed by atoms with van der Waals surface area (Å²) < 4.78 is 10.7. The number of nitrogens with zero attached hydrogens (tertiary/aromatic N) is 1. The largest absolute Gasteiger partial charge is 0.493 e. The molecule has 140 valence electrons. The van der Waals surface area contributed by atoms with Crippen molar-refractivity contribution in [1.82, 2.24) is 10.3 Å². The molecule has 2 aromatic heterocycles. The van der Waals surface area contributed by atoms with Crippen LogP contribution in [0.25, 0.3) is 0 Å². The fourth-order valence-corrected chi connectivity index (χ4v) is 3.54. The number of rotatable bonds is 7. The predicted molar refractivity (Wildman–Crippen MR) is 105 cm³/mol. The summed E-state index contributed by atoms with van der Waals surface area (Å²) in [5.74, 6) is 0.0673. The molecule has 0 bridgehead atoms. The Morgan fingerprint density at radius 1 is 1.15 bits per heavy atom. The highest BCUT2D eigenvalue weighted by atomic mass is 32.1. The number of thiophene rings is 1. The van der Waals surface area contributed by atoms with Crippen LogP contribution >= 0.6 is 22.7 Å². The number of nitrogens with one attached hydrogen (secondary N) is 2. The van der Waals surface area contributed by atoms with Crippen molar-refractivity contribution in [2.45, 2.75) is 6.54 Å². The Kier molecular flexibility index (Phi) is 6.05. The molecule has 3 aromatic rings. The summed E-state index contributed by atoms with van der Waals surface area (Å²) in [4.78, 5) is 30.3. The number of carbonyl (C=O) groups excluding carboxylic acids is 2. The average molecular weight is 403 g/mol. The maximum atomic E-state index is 12.6. The number of carbonyl (C=O) groups is 2. The van der Waals surface area contributed by atoms with Crippen molar-refractivity contribution in [2.75, 3.05) is 19.5 Å². The van der Waals surface area contributed by atoms with Gasteiger partial charge in [0, 0.05) is 10.4 Å². The third kappa shape index (κ3) is 4.44. The minimum Gasteiger partial charge on any atom is -0.493 e. The van der Waals surface area contributed by atoms with Gasteiger partial charge in [0.05, 0.1) is 38.2 Å². The number of amides is 2. The maximum absolute atomic E-state index is 12.6. The van der Waals surface area contributed by atoms with Gasteiger partial charge >= 0.3 is 0 Å². The topological polar surface area (TPSA) is 89.6 Å². The molecular formula is C18H17N3O4S2. The van der Waals surface area contributed by atoms with Gasteiger partial charge in [-0.3, -0.25) is 14.6 Å². The zero-order chi connectivity index (χ0) is 19.2. The van der Waals surface area contributed by atoms with Crippen LogP contribution in [0.2, 0.25) is 0 Å². The van der Waals surface area contributed by atoms with E-state index in [0.717, 1.165) is 4.88 Å². The maximum Gasteiger partial charge on any atom is 0.267 e. The molecule has 9 heteroatoms. The van der Waals surface area contributed by atoms with Crippen LogP contribution in [0.5, 0.6) is 11.5 Å². The molecule has 0 aliphatic carbocycles. The van der Waals surface area contributed by atoms with Gasteiger partial charge in [0.2, 0.25) is 0 Å². The highest BCUT2D eigenvalue weighted by molar-refractivity contribution is 7.11. The number of methoxy groups -OCH3 is 2. The van der Waals surface area contributed by atoms with Gasteiger partial charge < -0.3 is 20.1 Å². The molecule has 0 atom stereocenters. The van der Waals surface area contributed by atoms with Crippen LogP contribution in [0.3, 0.4) is 0 Å². The molecule has 0 aliphatic rings. The Balaban J connectivity index is 1.85. The minimum atomic E-state index is -0.339. The predicted octanol–water partition coefficient (Wildman–Crippen LogP) is 3.40. The molecule has 0 saturated heterocycles. The lowest BCUT2D eigenvalue weighted by atomic mass is 10.1. The summed E-state index contributed by atoms with van der Waals surface area (Å²) in [6, 6.07) is 7.00. The van der Waals surface area contributed by atoms with Crippen LogP contribution in [0.4, 0.5) is 5.69 Å². The first-order valence-corrected chi connectivity index (χ1v) is 9.64. The first-order valence-electron chi connectivity index (χ1n) is 7.88. The Hall–Kier alpha value is -2.91. The van der Waals surface area contributed by atoms with Crippen LogP contribution in [-0.2, 0) is 6.54 Å². The Morgan fingerprint density at radius 2 is 2.00 bits per heavy atom. The van der Waals surface area contributed by atoms with Crippen molar-refractivity contribution < 1.29 is 19.1 Å². The molecule has 2 N–H and O–H groups in total. The summed E-state index contributed by atoms with van der Waals surface area (Å²) in [6.07, 6.45) is 1.47. The number of benzene rings is 1. The molecule has 27 heavy (non-hydrogen) atoms. The van der Waals surface area contributed by atoms with Crippen molar-refractivity contribution >= 4 is 40.2 Å². The Bertz CT molecular complexity index is 924. The van der Waals surface area contributed by atoms with E-state index < -0.39 is 0 Å².